The van der Waals surface area contributed by atoms with Crippen molar-refractivity contribution in [2.45, 2.75) is 0 Å². The number of aromatic nitrogens is 1. The average molecular weight is 253 g/mol. The Morgan fingerprint density at radius 2 is 2.35 bits per heavy atom. The van der Waals surface area contributed by atoms with Crippen LogP contribution in [0.4, 0.5) is 5.88 Å². The van der Waals surface area contributed by atoms with Gasteiger partial charge >= 0.3 is 11.8 Å². The van der Waals surface area contributed by atoms with Crippen molar-refractivity contribution >= 4 is 23.1 Å². The zero-order valence-electron chi connectivity index (χ0n) is 8.69. The molecule has 2 rings (SSSR count). The maximum Gasteiger partial charge on any atom is 0.433 e. The van der Waals surface area contributed by atoms with Crippen LogP contribution in [0.1, 0.15) is 10.6 Å². The molecule has 2 aromatic heterocycles. The molecule has 0 saturated carbocycles. The second-order valence-corrected chi connectivity index (χ2v) is 3.98. The van der Waals surface area contributed by atoms with E-state index in [2.05, 4.69) is 4.99 Å². The highest BCUT2D eigenvalue weighted by Gasteiger charge is 2.16. The molecule has 0 aromatic carbocycles. The van der Waals surface area contributed by atoms with Crippen LogP contribution in [0.15, 0.2) is 33.1 Å². The van der Waals surface area contributed by atoms with Gasteiger partial charge in [-0.1, -0.05) is 0 Å². The lowest BCUT2D eigenvalue weighted by molar-refractivity contribution is -0.402. The molecule has 0 unspecified atom stereocenters. The number of hydrogen-bond acceptors (Lipinski definition) is 5. The lowest BCUT2D eigenvalue weighted by Crippen LogP contribution is -2.12. The highest BCUT2D eigenvalue weighted by molar-refractivity contribution is 7.07. The minimum Gasteiger partial charge on any atom is -0.395 e. The van der Waals surface area contributed by atoms with Crippen LogP contribution >= 0.6 is 11.3 Å². The number of carbonyl (C=O) groups excluding carboxylic acids is 1. The molecule has 0 bridgehead atoms. The van der Waals surface area contributed by atoms with Crippen LogP contribution in [0.25, 0.3) is 0 Å². The number of hydrogen-bond donors (Lipinski definition) is 0. The molecular formula is C9H7N3O4S. The van der Waals surface area contributed by atoms with E-state index < -0.39 is 16.7 Å². The maximum atomic E-state index is 11.6. The number of aryl methyl sites for hydroxylation is 1. The molecule has 0 spiro atoms. The standard InChI is InChI=1S/C9H7N3O4S/c1-11-4-5-17-9(11)10-8(13)6-2-3-7(16-6)12(14)15/h2-5H,1H3. The first-order valence-electron chi connectivity index (χ1n) is 4.51. The van der Waals surface area contributed by atoms with E-state index in [0.29, 0.717) is 4.80 Å². The molecule has 17 heavy (non-hydrogen) atoms. The van der Waals surface area contributed by atoms with Gasteiger partial charge in [-0.15, -0.1) is 11.3 Å². The average Bonchev–Trinajstić information content (AvgIpc) is 2.88. The Morgan fingerprint density at radius 3 is 2.88 bits per heavy atom. The van der Waals surface area contributed by atoms with E-state index in [0.717, 1.165) is 6.07 Å². The quantitative estimate of drug-likeness (QED) is 0.596. The van der Waals surface area contributed by atoms with Crippen molar-refractivity contribution in [3.05, 3.63) is 44.4 Å². The fraction of sp³-hybridized carbons (Fsp3) is 0.111. The highest BCUT2D eigenvalue weighted by Crippen LogP contribution is 2.16. The van der Waals surface area contributed by atoms with Crippen molar-refractivity contribution in [3.63, 3.8) is 0 Å². The molecule has 8 heteroatoms. The highest BCUT2D eigenvalue weighted by atomic mass is 32.1. The smallest absolute Gasteiger partial charge is 0.395 e. The Bertz CT molecular complexity index is 636. The summed E-state index contributed by atoms with van der Waals surface area (Å²) in [6.45, 7) is 0. The number of nitro groups is 1. The van der Waals surface area contributed by atoms with E-state index in [4.69, 9.17) is 4.42 Å². The molecule has 0 aliphatic carbocycles. The molecule has 0 saturated heterocycles. The molecule has 2 heterocycles. The van der Waals surface area contributed by atoms with E-state index in [9.17, 15) is 14.9 Å². The lowest BCUT2D eigenvalue weighted by atomic mass is 10.4. The van der Waals surface area contributed by atoms with Crippen LogP contribution in [-0.2, 0) is 7.05 Å². The van der Waals surface area contributed by atoms with Gasteiger partial charge in [0.1, 0.15) is 4.92 Å². The van der Waals surface area contributed by atoms with Gasteiger partial charge in [-0.05, 0) is 6.07 Å². The maximum absolute atomic E-state index is 11.6. The summed E-state index contributed by atoms with van der Waals surface area (Å²) in [6, 6.07) is 2.36. The van der Waals surface area contributed by atoms with E-state index in [1.165, 1.54) is 17.4 Å². The normalized spacial score (nSPS) is 11.7. The fourth-order valence-electron chi connectivity index (χ4n) is 1.12. The number of thiazole rings is 1. The van der Waals surface area contributed by atoms with E-state index in [-0.39, 0.29) is 5.76 Å². The summed E-state index contributed by atoms with van der Waals surface area (Å²) in [6.07, 6.45) is 1.75. The predicted octanol–water partition coefficient (Wildman–Crippen LogP) is 1.33. The molecule has 0 atom stereocenters. The van der Waals surface area contributed by atoms with Crippen molar-refractivity contribution < 1.29 is 14.1 Å². The van der Waals surface area contributed by atoms with E-state index >= 15 is 0 Å². The van der Waals surface area contributed by atoms with E-state index in [1.54, 1.807) is 23.2 Å². The van der Waals surface area contributed by atoms with Crippen LogP contribution in [0.2, 0.25) is 0 Å². The minimum atomic E-state index is -0.706. The topological polar surface area (TPSA) is 90.6 Å². The summed E-state index contributed by atoms with van der Waals surface area (Å²) in [5.74, 6) is -1.26. The Balaban J connectivity index is 2.32. The van der Waals surface area contributed by atoms with Gasteiger partial charge in [0.25, 0.3) is 0 Å². The number of amides is 1. The lowest BCUT2D eigenvalue weighted by Gasteiger charge is -1.89. The predicted molar refractivity (Wildman–Crippen MR) is 58.5 cm³/mol. The second kappa shape index (κ2) is 4.34. The molecular weight excluding hydrogens is 246 g/mol. The number of furan rings is 1. The van der Waals surface area contributed by atoms with Crippen LogP contribution in [0, 0.1) is 10.1 Å². The number of nitrogens with zero attached hydrogens (tertiary/aromatic N) is 3. The van der Waals surface area contributed by atoms with Crippen molar-refractivity contribution in [2.24, 2.45) is 12.0 Å². The van der Waals surface area contributed by atoms with Gasteiger partial charge in [0, 0.05) is 18.6 Å². The third-order valence-corrected chi connectivity index (χ3v) is 2.79. The fourth-order valence-corrected chi connectivity index (χ4v) is 1.85. The first-order valence-corrected chi connectivity index (χ1v) is 5.39. The first kappa shape index (κ1) is 11.3. The molecule has 1 amide bonds. The van der Waals surface area contributed by atoms with Crippen LogP contribution in [0.3, 0.4) is 0 Å². The molecule has 0 N–H and O–H groups in total. The molecule has 0 radical (unpaired) electrons. The van der Waals surface area contributed by atoms with Gasteiger partial charge < -0.3 is 8.98 Å². The summed E-state index contributed by atoms with van der Waals surface area (Å²) in [5.41, 5.74) is 0. The summed E-state index contributed by atoms with van der Waals surface area (Å²) >= 11 is 1.29. The zero-order valence-corrected chi connectivity index (χ0v) is 9.51. The minimum absolute atomic E-state index is 0.148. The Hall–Kier alpha value is -2.22. The molecule has 0 aliphatic heterocycles. The molecule has 2 aromatic rings. The Kier molecular flexibility index (Phi) is 2.88. The van der Waals surface area contributed by atoms with Gasteiger partial charge in [0.05, 0.1) is 6.07 Å². The Morgan fingerprint density at radius 1 is 1.59 bits per heavy atom. The third kappa shape index (κ3) is 2.31. The summed E-state index contributed by atoms with van der Waals surface area (Å²) in [4.78, 5) is 25.6. The second-order valence-electron chi connectivity index (χ2n) is 3.11. The van der Waals surface area contributed by atoms with Gasteiger partial charge in [-0.25, -0.2) is 0 Å². The van der Waals surface area contributed by atoms with Crippen LogP contribution in [0.5, 0.6) is 0 Å². The van der Waals surface area contributed by atoms with Crippen molar-refractivity contribution in [3.8, 4) is 0 Å². The van der Waals surface area contributed by atoms with Crippen LogP contribution < -0.4 is 4.80 Å². The van der Waals surface area contributed by atoms with E-state index in [1.807, 2.05) is 0 Å². The van der Waals surface area contributed by atoms with Gasteiger partial charge in [-0.2, -0.15) is 4.99 Å². The Labute approximate surface area is 98.8 Å². The SMILES string of the molecule is Cn1ccsc1=NC(=O)c1ccc([N+](=O)[O-])o1. The molecule has 88 valence electrons. The largest absolute Gasteiger partial charge is 0.433 e. The van der Waals surface area contributed by atoms with Gasteiger partial charge in [0.2, 0.25) is 5.76 Å². The van der Waals surface area contributed by atoms with Crippen molar-refractivity contribution in [1.29, 1.82) is 0 Å². The van der Waals surface area contributed by atoms with Gasteiger partial charge in [-0.3, -0.25) is 14.9 Å². The third-order valence-electron chi connectivity index (χ3n) is 1.94. The first-order chi connectivity index (χ1) is 8.08. The molecule has 0 aliphatic rings. The van der Waals surface area contributed by atoms with Gasteiger partial charge in [0.15, 0.2) is 4.80 Å². The summed E-state index contributed by atoms with van der Waals surface area (Å²) < 4.78 is 6.42. The number of rotatable bonds is 2. The van der Waals surface area contributed by atoms with Crippen molar-refractivity contribution in [2.75, 3.05) is 0 Å². The summed E-state index contributed by atoms with van der Waals surface area (Å²) in [7, 11) is 1.74. The molecule has 7 nitrogen and oxygen atoms in total. The molecule has 0 fully saturated rings. The van der Waals surface area contributed by atoms with Crippen LogP contribution in [-0.4, -0.2) is 15.4 Å². The monoisotopic (exact) mass is 253 g/mol. The zero-order chi connectivity index (χ0) is 12.4. The number of carbonyl (C=O) groups is 1. The summed E-state index contributed by atoms with van der Waals surface area (Å²) in [5, 5.41) is 12.2. The van der Waals surface area contributed by atoms with Crippen molar-refractivity contribution in [1.82, 2.24) is 4.57 Å².